The van der Waals surface area contributed by atoms with Crippen molar-refractivity contribution in [1.29, 1.82) is 5.26 Å². The molecule has 1 N–H and O–H groups in total. The van der Waals surface area contributed by atoms with Gasteiger partial charge in [0.05, 0.1) is 27.3 Å². The van der Waals surface area contributed by atoms with Crippen LogP contribution in [-0.2, 0) is 19.4 Å². The van der Waals surface area contributed by atoms with Gasteiger partial charge in [-0.15, -0.1) is 0 Å². The number of nitrogens with zero attached hydrogens (tertiary/aromatic N) is 3. The largest absolute Gasteiger partial charge is 0.336 e. The molecule has 11 heteroatoms. The Labute approximate surface area is 215 Å². The van der Waals surface area contributed by atoms with Gasteiger partial charge in [-0.3, -0.25) is 14.5 Å². The summed E-state index contributed by atoms with van der Waals surface area (Å²) in [4.78, 5) is 30.7. The summed E-state index contributed by atoms with van der Waals surface area (Å²) in [6, 6.07) is 7.49. The van der Waals surface area contributed by atoms with Crippen molar-refractivity contribution in [1.82, 2.24) is 15.1 Å². The Kier molecular flexibility index (Phi) is 6.81. The van der Waals surface area contributed by atoms with Gasteiger partial charge in [-0.1, -0.05) is 23.7 Å². The first kappa shape index (κ1) is 24.9. The average Bonchev–Trinajstić information content (AvgIpc) is 3.44. The fourth-order valence-electron chi connectivity index (χ4n) is 5.40. The van der Waals surface area contributed by atoms with Gasteiger partial charge in [-0.2, -0.15) is 17.0 Å². The van der Waals surface area contributed by atoms with Gasteiger partial charge < -0.3 is 10.2 Å². The fourth-order valence-corrected chi connectivity index (χ4v) is 8.70. The number of nitrogens with one attached hydrogen (secondary N) is 1. The first-order chi connectivity index (χ1) is 16.8. The van der Waals surface area contributed by atoms with Gasteiger partial charge in [0.15, 0.2) is 9.84 Å². The van der Waals surface area contributed by atoms with E-state index < -0.39 is 32.6 Å². The van der Waals surface area contributed by atoms with Gasteiger partial charge in [-0.05, 0) is 62.2 Å². The molecule has 3 saturated heterocycles. The Bertz CT molecular complexity index is 1160. The summed E-state index contributed by atoms with van der Waals surface area (Å²) in [6.45, 7) is 0.782. The van der Waals surface area contributed by atoms with Crippen LogP contribution in [0.5, 0.6) is 0 Å². The van der Waals surface area contributed by atoms with E-state index in [-0.39, 0.29) is 34.8 Å². The molecule has 35 heavy (non-hydrogen) atoms. The highest BCUT2D eigenvalue weighted by Gasteiger charge is 2.52. The van der Waals surface area contributed by atoms with Gasteiger partial charge >= 0.3 is 0 Å². The Hall–Kier alpha value is -1.80. The molecule has 0 bridgehead atoms. The third-order valence-corrected chi connectivity index (χ3v) is 11.4. The highest BCUT2D eigenvalue weighted by atomic mass is 35.5. The second kappa shape index (κ2) is 9.58. The topological polar surface area (TPSA) is 111 Å². The molecular formula is C24H29ClN4O4S2. The van der Waals surface area contributed by atoms with Gasteiger partial charge in [0.1, 0.15) is 11.6 Å². The van der Waals surface area contributed by atoms with E-state index in [9.17, 15) is 23.3 Å². The van der Waals surface area contributed by atoms with E-state index in [4.69, 9.17) is 11.6 Å². The first-order valence-electron chi connectivity index (χ1n) is 12.1. The van der Waals surface area contributed by atoms with Crippen molar-refractivity contribution in [3.63, 3.8) is 0 Å². The molecule has 1 aliphatic carbocycles. The number of hydrogen-bond donors (Lipinski definition) is 1. The SMILES string of the molecule is N#CC1(NC(=O)[C@@H]2C[C@@H](S(=O)(=O)c3ccccc3Cl)CN2C(=O)C2CCN2C2CCSCC2)CC1. The Morgan fingerprint density at radius 3 is 2.46 bits per heavy atom. The third-order valence-electron chi connectivity index (χ3n) is 7.76. The third kappa shape index (κ3) is 4.68. The molecule has 1 saturated carbocycles. The minimum absolute atomic E-state index is 0.0145. The Morgan fingerprint density at radius 2 is 1.86 bits per heavy atom. The van der Waals surface area contributed by atoms with Crippen LogP contribution >= 0.6 is 23.4 Å². The number of hydrogen-bond acceptors (Lipinski definition) is 7. The number of amides is 2. The predicted octanol–water partition coefficient (Wildman–Crippen LogP) is 2.23. The zero-order chi connectivity index (χ0) is 24.8. The average molecular weight is 537 g/mol. The molecule has 3 atom stereocenters. The van der Waals surface area contributed by atoms with Crippen LogP contribution in [0.2, 0.25) is 5.02 Å². The van der Waals surface area contributed by atoms with Gasteiger partial charge in [0.25, 0.3) is 0 Å². The number of sulfone groups is 1. The molecule has 188 valence electrons. The van der Waals surface area contributed by atoms with Crippen LogP contribution in [0.25, 0.3) is 0 Å². The molecule has 0 radical (unpaired) electrons. The van der Waals surface area contributed by atoms with Crippen LogP contribution in [0.3, 0.4) is 0 Å². The quantitative estimate of drug-likeness (QED) is 0.593. The zero-order valence-electron chi connectivity index (χ0n) is 19.4. The number of nitriles is 1. The number of benzene rings is 1. The van der Waals surface area contributed by atoms with E-state index in [1.165, 1.54) is 17.0 Å². The molecule has 4 fully saturated rings. The normalized spacial score (nSPS) is 28.7. The molecule has 1 aromatic carbocycles. The summed E-state index contributed by atoms with van der Waals surface area (Å²) in [7, 11) is -3.87. The molecule has 1 unspecified atom stereocenters. The van der Waals surface area contributed by atoms with Crippen LogP contribution in [-0.4, -0.2) is 83.5 Å². The molecule has 5 rings (SSSR count). The molecule has 3 heterocycles. The summed E-state index contributed by atoms with van der Waals surface area (Å²) in [5, 5.41) is 11.4. The molecule has 1 aromatic rings. The number of rotatable bonds is 6. The highest BCUT2D eigenvalue weighted by molar-refractivity contribution is 7.99. The Balaban J connectivity index is 1.39. The molecule has 8 nitrogen and oxygen atoms in total. The lowest BCUT2D eigenvalue weighted by Gasteiger charge is -2.47. The number of halogens is 1. The van der Waals surface area contributed by atoms with Crippen LogP contribution in [0.1, 0.15) is 38.5 Å². The number of carbonyl (C=O) groups is 2. The maximum atomic E-state index is 13.7. The van der Waals surface area contributed by atoms with Crippen LogP contribution in [0, 0.1) is 11.3 Å². The maximum absolute atomic E-state index is 13.7. The zero-order valence-corrected chi connectivity index (χ0v) is 21.7. The number of carbonyl (C=O) groups excluding carboxylic acids is 2. The molecule has 2 amide bonds. The minimum atomic E-state index is -3.87. The summed E-state index contributed by atoms with van der Waals surface area (Å²) >= 11 is 8.13. The second-order valence-electron chi connectivity index (χ2n) is 9.91. The van der Waals surface area contributed by atoms with Gasteiger partial charge in [-0.25, -0.2) is 8.42 Å². The van der Waals surface area contributed by atoms with E-state index in [1.807, 2.05) is 11.8 Å². The van der Waals surface area contributed by atoms with Gasteiger partial charge in [0, 0.05) is 19.1 Å². The summed E-state index contributed by atoms with van der Waals surface area (Å²) in [6.07, 6.45) is 3.89. The second-order valence-corrected chi connectivity index (χ2v) is 13.7. The molecule has 4 aliphatic rings. The molecular weight excluding hydrogens is 508 g/mol. The predicted molar refractivity (Wildman–Crippen MR) is 134 cm³/mol. The van der Waals surface area contributed by atoms with E-state index in [0.717, 1.165) is 30.9 Å². The van der Waals surface area contributed by atoms with Crippen molar-refractivity contribution >= 4 is 45.0 Å². The monoisotopic (exact) mass is 536 g/mol. The first-order valence-corrected chi connectivity index (χ1v) is 15.2. The number of thioether (sulfide) groups is 1. The summed E-state index contributed by atoms with van der Waals surface area (Å²) < 4.78 is 27.0. The lowest BCUT2D eigenvalue weighted by molar-refractivity contribution is -0.148. The van der Waals surface area contributed by atoms with E-state index in [1.54, 1.807) is 12.1 Å². The van der Waals surface area contributed by atoms with Crippen molar-refractivity contribution in [2.45, 2.75) is 72.3 Å². The van der Waals surface area contributed by atoms with E-state index in [2.05, 4.69) is 16.3 Å². The van der Waals surface area contributed by atoms with Crippen LogP contribution in [0.4, 0.5) is 0 Å². The van der Waals surface area contributed by atoms with Crippen molar-refractivity contribution in [3.8, 4) is 6.07 Å². The van der Waals surface area contributed by atoms with Crippen molar-refractivity contribution < 1.29 is 18.0 Å². The van der Waals surface area contributed by atoms with Crippen molar-refractivity contribution in [2.24, 2.45) is 0 Å². The van der Waals surface area contributed by atoms with Crippen LogP contribution < -0.4 is 5.32 Å². The molecule has 0 aromatic heterocycles. The van der Waals surface area contributed by atoms with Crippen LogP contribution in [0.15, 0.2) is 29.2 Å². The van der Waals surface area contributed by atoms with E-state index >= 15 is 0 Å². The van der Waals surface area contributed by atoms with Crippen molar-refractivity contribution in [3.05, 3.63) is 29.3 Å². The lowest BCUT2D eigenvalue weighted by Crippen LogP contribution is -2.62. The fraction of sp³-hybridized carbons (Fsp3) is 0.625. The lowest BCUT2D eigenvalue weighted by atomic mass is 9.95. The highest BCUT2D eigenvalue weighted by Crippen LogP contribution is 2.38. The maximum Gasteiger partial charge on any atom is 0.244 e. The van der Waals surface area contributed by atoms with Crippen molar-refractivity contribution in [2.75, 3.05) is 24.6 Å². The standard InChI is InChI=1S/C24H29ClN4O4S2/c25-18-3-1-2-4-21(18)35(32,33)17-13-20(22(30)27-24(15-26)8-9-24)29(14-17)23(31)19-5-10-28(19)16-6-11-34-12-7-16/h1-4,16-17,19-20H,5-14H2,(H,27,30)/t17-,19?,20+/m1/s1. The summed E-state index contributed by atoms with van der Waals surface area (Å²) in [5.41, 5.74) is -0.895. The smallest absolute Gasteiger partial charge is 0.244 e. The molecule has 0 spiro atoms. The van der Waals surface area contributed by atoms with Gasteiger partial charge in [0.2, 0.25) is 11.8 Å². The molecule has 3 aliphatic heterocycles. The number of likely N-dealkylation sites (tertiary alicyclic amines) is 2. The Morgan fingerprint density at radius 1 is 1.14 bits per heavy atom. The minimum Gasteiger partial charge on any atom is -0.336 e. The van der Waals surface area contributed by atoms with E-state index in [0.29, 0.717) is 25.3 Å². The summed E-state index contributed by atoms with van der Waals surface area (Å²) in [5.74, 6) is 1.51.